The molecule has 0 amide bonds. The molecule has 2 N–H and O–H groups in total. The lowest BCUT2D eigenvalue weighted by Crippen LogP contribution is -2.35. The molecule has 7 nitrogen and oxygen atoms in total. The van der Waals surface area contributed by atoms with E-state index in [2.05, 4.69) is 20.8 Å². The summed E-state index contributed by atoms with van der Waals surface area (Å²) < 4.78 is 16.2. The third kappa shape index (κ3) is 6.59. The molecule has 0 aromatic heterocycles. The van der Waals surface area contributed by atoms with Crippen LogP contribution in [0, 0.1) is 0 Å². The summed E-state index contributed by atoms with van der Waals surface area (Å²) in [6.45, 7) is 5.74. The van der Waals surface area contributed by atoms with E-state index in [9.17, 15) is 9.59 Å². The van der Waals surface area contributed by atoms with Gasteiger partial charge in [-0.3, -0.25) is 9.69 Å². The molecule has 0 radical (unpaired) electrons. The third-order valence-electron chi connectivity index (χ3n) is 4.03. The zero-order chi connectivity index (χ0) is 18.9. The number of esters is 2. The van der Waals surface area contributed by atoms with Crippen molar-refractivity contribution < 1.29 is 23.8 Å². The quantitative estimate of drug-likeness (QED) is 0.385. The SMILES string of the molecule is CC(=O)OCCCCOC(=O)c1cc(Br)c(N)c(CN2CCOCC2)c1. The van der Waals surface area contributed by atoms with Crippen LogP contribution in [0.3, 0.4) is 0 Å². The van der Waals surface area contributed by atoms with Gasteiger partial charge in [0, 0.05) is 31.0 Å². The number of carbonyl (C=O) groups excluding carboxylic acids is 2. The van der Waals surface area contributed by atoms with Gasteiger partial charge in [-0.1, -0.05) is 0 Å². The van der Waals surface area contributed by atoms with Crippen molar-refractivity contribution >= 4 is 33.6 Å². The topological polar surface area (TPSA) is 91.1 Å². The standard InChI is InChI=1S/C18H25BrN2O5/c1-13(22)25-6-2-3-7-26-18(23)14-10-15(17(20)16(19)11-14)12-21-4-8-24-9-5-21/h10-11H,2-9,12,20H2,1H3. The van der Waals surface area contributed by atoms with Gasteiger partial charge in [0.2, 0.25) is 0 Å². The highest BCUT2D eigenvalue weighted by atomic mass is 79.9. The van der Waals surface area contributed by atoms with Crippen molar-refractivity contribution in [2.24, 2.45) is 0 Å². The molecule has 1 saturated heterocycles. The molecule has 144 valence electrons. The highest BCUT2D eigenvalue weighted by molar-refractivity contribution is 9.10. The fraction of sp³-hybridized carbons (Fsp3) is 0.556. The Balaban J connectivity index is 1.89. The maximum atomic E-state index is 12.3. The summed E-state index contributed by atoms with van der Waals surface area (Å²) in [7, 11) is 0. The van der Waals surface area contributed by atoms with Crippen LogP contribution in [0.15, 0.2) is 16.6 Å². The van der Waals surface area contributed by atoms with Crippen LogP contribution < -0.4 is 5.73 Å². The van der Waals surface area contributed by atoms with Crippen molar-refractivity contribution in [3.63, 3.8) is 0 Å². The molecule has 2 rings (SSSR count). The van der Waals surface area contributed by atoms with Crippen LogP contribution in [0.4, 0.5) is 5.69 Å². The van der Waals surface area contributed by atoms with E-state index in [1.165, 1.54) is 6.92 Å². The Morgan fingerprint density at radius 1 is 1.19 bits per heavy atom. The average molecular weight is 429 g/mol. The maximum Gasteiger partial charge on any atom is 0.338 e. The summed E-state index contributed by atoms with van der Waals surface area (Å²) >= 11 is 3.42. The lowest BCUT2D eigenvalue weighted by Gasteiger charge is -2.27. The van der Waals surface area contributed by atoms with Crippen molar-refractivity contribution in [2.45, 2.75) is 26.3 Å². The number of hydrogen-bond acceptors (Lipinski definition) is 7. The Bertz CT molecular complexity index is 632. The zero-order valence-electron chi connectivity index (χ0n) is 15.0. The molecule has 26 heavy (non-hydrogen) atoms. The number of nitrogens with two attached hydrogens (primary N) is 1. The summed E-state index contributed by atoms with van der Waals surface area (Å²) in [5.41, 5.74) is 8.14. The van der Waals surface area contributed by atoms with Crippen molar-refractivity contribution in [3.05, 3.63) is 27.7 Å². The van der Waals surface area contributed by atoms with Crippen LogP contribution in [0.1, 0.15) is 35.7 Å². The van der Waals surface area contributed by atoms with Crippen LogP contribution in [0.25, 0.3) is 0 Å². The Morgan fingerprint density at radius 2 is 1.85 bits per heavy atom. The molecular weight excluding hydrogens is 404 g/mol. The first-order valence-corrected chi connectivity index (χ1v) is 9.45. The molecule has 0 atom stereocenters. The van der Waals surface area contributed by atoms with Gasteiger partial charge in [-0.05, 0) is 46.5 Å². The molecule has 1 aromatic carbocycles. The fourth-order valence-electron chi connectivity index (χ4n) is 2.59. The predicted molar refractivity (Wildman–Crippen MR) is 101 cm³/mol. The first kappa shape index (κ1) is 20.7. The summed E-state index contributed by atoms with van der Waals surface area (Å²) in [6.07, 6.45) is 1.29. The summed E-state index contributed by atoms with van der Waals surface area (Å²) in [6, 6.07) is 3.47. The van der Waals surface area contributed by atoms with E-state index < -0.39 is 0 Å². The minimum Gasteiger partial charge on any atom is -0.466 e. The van der Waals surface area contributed by atoms with Crippen LogP contribution in [-0.4, -0.2) is 56.4 Å². The molecule has 0 saturated carbocycles. The van der Waals surface area contributed by atoms with Gasteiger partial charge >= 0.3 is 11.9 Å². The van der Waals surface area contributed by atoms with Gasteiger partial charge in [-0.15, -0.1) is 0 Å². The summed E-state index contributed by atoms with van der Waals surface area (Å²) in [5, 5.41) is 0. The van der Waals surface area contributed by atoms with Crippen molar-refractivity contribution in [3.8, 4) is 0 Å². The van der Waals surface area contributed by atoms with Gasteiger partial charge in [0.15, 0.2) is 0 Å². The Morgan fingerprint density at radius 3 is 2.50 bits per heavy atom. The minimum absolute atomic E-state index is 0.279. The van der Waals surface area contributed by atoms with E-state index >= 15 is 0 Å². The number of halogens is 1. The minimum atomic E-state index is -0.388. The molecule has 1 aliphatic rings. The summed E-state index contributed by atoms with van der Waals surface area (Å²) in [4.78, 5) is 25.2. The van der Waals surface area contributed by atoms with Crippen LogP contribution in [0.5, 0.6) is 0 Å². The lowest BCUT2D eigenvalue weighted by molar-refractivity contribution is -0.141. The molecule has 0 bridgehead atoms. The predicted octanol–water partition coefficient (Wildman–Crippen LogP) is 2.36. The third-order valence-corrected chi connectivity index (χ3v) is 4.68. The largest absolute Gasteiger partial charge is 0.466 e. The van der Waals surface area contributed by atoms with E-state index in [1.807, 2.05) is 0 Å². The highest BCUT2D eigenvalue weighted by Crippen LogP contribution is 2.27. The second-order valence-corrected chi connectivity index (χ2v) is 6.96. The molecule has 0 aliphatic carbocycles. The average Bonchev–Trinajstić information content (AvgIpc) is 2.62. The normalized spacial score (nSPS) is 14.8. The first-order chi connectivity index (χ1) is 12.5. The monoisotopic (exact) mass is 428 g/mol. The Hall–Kier alpha value is -1.64. The number of nitrogen functional groups attached to an aromatic ring is 1. The molecule has 1 heterocycles. The van der Waals surface area contributed by atoms with Gasteiger partial charge < -0.3 is 19.9 Å². The molecule has 1 aromatic rings. The van der Waals surface area contributed by atoms with Gasteiger partial charge in [-0.25, -0.2) is 4.79 Å². The Labute approximate surface area is 161 Å². The number of ether oxygens (including phenoxy) is 3. The number of unbranched alkanes of at least 4 members (excludes halogenated alkanes) is 1. The number of benzene rings is 1. The van der Waals surface area contributed by atoms with Crippen LogP contribution in [-0.2, 0) is 25.5 Å². The Kier molecular flexibility index (Phi) is 8.34. The van der Waals surface area contributed by atoms with Crippen molar-refractivity contribution in [1.82, 2.24) is 4.90 Å². The maximum absolute atomic E-state index is 12.3. The number of carbonyl (C=O) groups is 2. The van der Waals surface area contributed by atoms with Crippen LogP contribution >= 0.6 is 15.9 Å². The number of morpholine rings is 1. The number of nitrogens with zero attached hydrogens (tertiary/aromatic N) is 1. The molecule has 1 fully saturated rings. The second-order valence-electron chi connectivity index (χ2n) is 6.10. The van der Waals surface area contributed by atoms with Crippen molar-refractivity contribution in [1.29, 1.82) is 0 Å². The van der Waals surface area contributed by atoms with E-state index in [-0.39, 0.29) is 18.5 Å². The lowest BCUT2D eigenvalue weighted by atomic mass is 10.1. The van der Waals surface area contributed by atoms with E-state index in [4.69, 9.17) is 19.9 Å². The number of hydrogen-bond donors (Lipinski definition) is 1. The number of rotatable bonds is 8. The van der Waals surface area contributed by atoms with E-state index in [1.54, 1.807) is 12.1 Å². The molecule has 0 unspecified atom stereocenters. The van der Waals surface area contributed by atoms with Crippen molar-refractivity contribution in [2.75, 3.05) is 45.3 Å². The van der Waals surface area contributed by atoms with Crippen LogP contribution in [0.2, 0.25) is 0 Å². The van der Waals surface area contributed by atoms with E-state index in [0.29, 0.717) is 54.9 Å². The van der Waals surface area contributed by atoms with E-state index in [0.717, 1.165) is 18.7 Å². The fourth-order valence-corrected chi connectivity index (χ4v) is 3.09. The molecule has 1 aliphatic heterocycles. The number of anilines is 1. The van der Waals surface area contributed by atoms with Gasteiger partial charge in [0.25, 0.3) is 0 Å². The first-order valence-electron chi connectivity index (χ1n) is 8.66. The van der Waals surface area contributed by atoms with Gasteiger partial charge in [0.1, 0.15) is 0 Å². The second kappa shape index (κ2) is 10.5. The zero-order valence-corrected chi connectivity index (χ0v) is 16.5. The smallest absolute Gasteiger partial charge is 0.338 e. The molecule has 0 spiro atoms. The highest BCUT2D eigenvalue weighted by Gasteiger charge is 2.17. The molecular formula is C18H25BrN2O5. The summed E-state index contributed by atoms with van der Waals surface area (Å²) in [5.74, 6) is -0.692. The van der Waals surface area contributed by atoms with Gasteiger partial charge in [0.05, 0.1) is 37.7 Å². The van der Waals surface area contributed by atoms with Gasteiger partial charge in [-0.2, -0.15) is 0 Å². The molecule has 8 heteroatoms.